The first-order valence-electron chi connectivity index (χ1n) is 7.27. The van der Waals surface area contributed by atoms with Gasteiger partial charge in [0, 0.05) is 30.1 Å². The van der Waals surface area contributed by atoms with Crippen LogP contribution in [0.3, 0.4) is 0 Å². The number of aliphatic carboxylic acids is 1. The molecule has 3 N–H and O–H groups in total. The van der Waals surface area contributed by atoms with Crippen molar-refractivity contribution in [2.24, 2.45) is 0 Å². The third kappa shape index (κ3) is 4.48. The number of carboxylic acids is 1. The van der Waals surface area contributed by atoms with Crippen LogP contribution in [-0.4, -0.2) is 28.0 Å². The minimum atomic E-state index is -0.926. The molecule has 1 amide bonds. The maximum absolute atomic E-state index is 11.8. The summed E-state index contributed by atoms with van der Waals surface area (Å²) in [4.78, 5) is 26.0. The van der Waals surface area contributed by atoms with Gasteiger partial charge >= 0.3 is 5.97 Å². The summed E-state index contributed by atoms with van der Waals surface area (Å²) in [7, 11) is 0. The number of aromatic amines is 1. The summed E-state index contributed by atoms with van der Waals surface area (Å²) >= 11 is 0. The molecule has 1 heterocycles. The molecule has 2 aromatic rings. The van der Waals surface area contributed by atoms with E-state index in [1.54, 1.807) is 6.08 Å². The molecule has 1 aromatic carbocycles. The van der Waals surface area contributed by atoms with Gasteiger partial charge in [0.1, 0.15) is 0 Å². The summed E-state index contributed by atoms with van der Waals surface area (Å²) in [5.74, 6) is -1.08. The third-order valence-electron chi connectivity index (χ3n) is 3.41. The molecule has 0 fully saturated rings. The lowest BCUT2D eigenvalue weighted by Gasteiger charge is -2.16. The standard InChI is InChI=1S/C17H20N2O3/c1-2-3-8-16(20)19-14(11-17(21)22)10-13-9-12-6-4-5-7-15(12)18-13/h2,4-7,9,14,18H,1,3,8,10-11H2,(H,19,20)(H,21,22). The van der Waals surface area contributed by atoms with E-state index in [9.17, 15) is 9.59 Å². The van der Waals surface area contributed by atoms with Gasteiger partial charge < -0.3 is 15.4 Å². The molecule has 0 saturated heterocycles. The fourth-order valence-corrected chi connectivity index (χ4v) is 2.43. The maximum Gasteiger partial charge on any atom is 0.305 e. The second-order valence-corrected chi connectivity index (χ2v) is 5.28. The zero-order valence-corrected chi connectivity index (χ0v) is 12.3. The van der Waals surface area contributed by atoms with Crippen LogP contribution >= 0.6 is 0 Å². The predicted molar refractivity (Wildman–Crippen MR) is 85.6 cm³/mol. The Kier molecular flexibility index (Phi) is 5.36. The molecule has 2 rings (SSSR count). The normalized spacial score (nSPS) is 12.0. The van der Waals surface area contributed by atoms with Crippen LogP contribution in [0.4, 0.5) is 0 Å². The molecule has 0 radical (unpaired) electrons. The molecular weight excluding hydrogens is 280 g/mol. The molecule has 116 valence electrons. The number of carboxylic acid groups (broad SMARTS) is 1. The molecule has 0 saturated carbocycles. The lowest BCUT2D eigenvalue weighted by molar-refractivity contribution is -0.137. The van der Waals surface area contributed by atoms with E-state index >= 15 is 0 Å². The lowest BCUT2D eigenvalue weighted by atomic mass is 10.1. The van der Waals surface area contributed by atoms with E-state index < -0.39 is 12.0 Å². The van der Waals surface area contributed by atoms with Crippen molar-refractivity contribution in [3.05, 3.63) is 48.7 Å². The number of benzene rings is 1. The quantitative estimate of drug-likeness (QED) is 0.655. The van der Waals surface area contributed by atoms with E-state index in [0.29, 0.717) is 19.3 Å². The van der Waals surface area contributed by atoms with Gasteiger partial charge in [-0.15, -0.1) is 6.58 Å². The summed E-state index contributed by atoms with van der Waals surface area (Å²) in [6, 6.07) is 9.40. The van der Waals surface area contributed by atoms with Gasteiger partial charge in [0.15, 0.2) is 0 Å². The fraction of sp³-hybridized carbons (Fsp3) is 0.294. The number of aromatic nitrogens is 1. The molecule has 5 nitrogen and oxygen atoms in total. The van der Waals surface area contributed by atoms with Gasteiger partial charge in [0.25, 0.3) is 0 Å². The summed E-state index contributed by atoms with van der Waals surface area (Å²) in [6.07, 6.45) is 2.93. The van der Waals surface area contributed by atoms with Gasteiger partial charge in [0.05, 0.1) is 6.42 Å². The zero-order valence-electron chi connectivity index (χ0n) is 12.3. The second kappa shape index (κ2) is 7.45. The maximum atomic E-state index is 11.8. The van der Waals surface area contributed by atoms with Crippen molar-refractivity contribution in [1.82, 2.24) is 10.3 Å². The summed E-state index contributed by atoms with van der Waals surface area (Å²) in [5.41, 5.74) is 1.92. The van der Waals surface area contributed by atoms with Crippen LogP contribution in [0.1, 0.15) is 25.0 Å². The minimum Gasteiger partial charge on any atom is -0.481 e. The number of hydrogen-bond acceptors (Lipinski definition) is 2. The van der Waals surface area contributed by atoms with E-state index in [2.05, 4.69) is 16.9 Å². The number of amides is 1. The van der Waals surface area contributed by atoms with Crippen LogP contribution in [-0.2, 0) is 16.0 Å². The molecule has 0 spiro atoms. The minimum absolute atomic E-state index is 0.102. The zero-order chi connectivity index (χ0) is 15.9. The van der Waals surface area contributed by atoms with Crippen LogP contribution < -0.4 is 5.32 Å². The summed E-state index contributed by atoms with van der Waals surface area (Å²) < 4.78 is 0. The first-order valence-corrected chi connectivity index (χ1v) is 7.27. The Morgan fingerprint density at radius 3 is 2.82 bits per heavy atom. The molecular formula is C17H20N2O3. The molecule has 1 atom stereocenters. The Morgan fingerprint density at radius 2 is 2.14 bits per heavy atom. The lowest BCUT2D eigenvalue weighted by Crippen LogP contribution is -2.38. The molecule has 0 aliphatic rings. The number of hydrogen-bond donors (Lipinski definition) is 3. The van der Waals surface area contributed by atoms with Crippen molar-refractivity contribution in [1.29, 1.82) is 0 Å². The van der Waals surface area contributed by atoms with Crippen LogP contribution in [0.2, 0.25) is 0 Å². The van der Waals surface area contributed by atoms with Gasteiger partial charge in [0.2, 0.25) is 5.91 Å². The first-order chi connectivity index (χ1) is 10.6. The molecule has 5 heteroatoms. The van der Waals surface area contributed by atoms with Crippen molar-refractivity contribution < 1.29 is 14.7 Å². The van der Waals surface area contributed by atoms with Gasteiger partial charge in [-0.25, -0.2) is 0 Å². The Hall–Kier alpha value is -2.56. The number of allylic oxidation sites excluding steroid dienone is 1. The highest BCUT2D eigenvalue weighted by Gasteiger charge is 2.17. The van der Waals surface area contributed by atoms with Crippen molar-refractivity contribution in [3.8, 4) is 0 Å². The van der Waals surface area contributed by atoms with E-state index in [-0.39, 0.29) is 12.3 Å². The number of H-pyrrole nitrogens is 1. The molecule has 1 aromatic heterocycles. The van der Waals surface area contributed by atoms with Crippen LogP contribution in [0.5, 0.6) is 0 Å². The number of rotatable bonds is 8. The summed E-state index contributed by atoms with van der Waals surface area (Å²) in [6.45, 7) is 3.57. The van der Waals surface area contributed by atoms with Crippen molar-refractivity contribution in [2.75, 3.05) is 0 Å². The molecule has 0 aliphatic heterocycles. The third-order valence-corrected chi connectivity index (χ3v) is 3.41. The van der Waals surface area contributed by atoms with Crippen LogP contribution in [0.15, 0.2) is 43.0 Å². The number of carbonyl (C=O) groups is 2. The second-order valence-electron chi connectivity index (χ2n) is 5.28. The first kappa shape index (κ1) is 15.8. The van der Waals surface area contributed by atoms with Gasteiger partial charge in [-0.1, -0.05) is 24.3 Å². The topological polar surface area (TPSA) is 82.2 Å². The van der Waals surface area contributed by atoms with E-state index in [1.165, 1.54) is 0 Å². The highest BCUT2D eigenvalue weighted by Crippen LogP contribution is 2.16. The average molecular weight is 300 g/mol. The number of para-hydroxylation sites is 1. The monoisotopic (exact) mass is 300 g/mol. The fourth-order valence-electron chi connectivity index (χ4n) is 2.43. The molecule has 0 aliphatic carbocycles. The highest BCUT2D eigenvalue weighted by molar-refractivity contribution is 5.80. The smallest absolute Gasteiger partial charge is 0.305 e. The summed E-state index contributed by atoms with van der Waals surface area (Å²) in [5, 5.41) is 12.9. The van der Waals surface area contributed by atoms with Crippen molar-refractivity contribution in [2.45, 2.75) is 31.7 Å². The van der Waals surface area contributed by atoms with Gasteiger partial charge in [-0.05, 0) is 23.9 Å². The molecule has 0 bridgehead atoms. The Bertz CT molecular complexity index is 642. The molecule has 1 unspecified atom stereocenters. The van der Waals surface area contributed by atoms with Gasteiger partial charge in [-0.3, -0.25) is 9.59 Å². The number of fused-ring (bicyclic) bond motifs is 1. The predicted octanol–water partition coefficient (Wildman–Crippen LogP) is 2.64. The Labute approximate surface area is 129 Å². The van der Waals surface area contributed by atoms with Crippen LogP contribution in [0.25, 0.3) is 10.9 Å². The van der Waals surface area contributed by atoms with E-state index in [0.717, 1.165) is 16.6 Å². The van der Waals surface area contributed by atoms with Gasteiger partial charge in [-0.2, -0.15) is 0 Å². The number of nitrogens with one attached hydrogen (secondary N) is 2. The average Bonchev–Trinajstić information content (AvgIpc) is 2.86. The Balaban J connectivity index is 2.06. The number of carbonyl (C=O) groups excluding carboxylic acids is 1. The van der Waals surface area contributed by atoms with E-state index in [4.69, 9.17) is 5.11 Å². The largest absolute Gasteiger partial charge is 0.481 e. The molecule has 22 heavy (non-hydrogen) atoms. The van der Waals surface area contributed by atoms with Crippen molar-refractivity contribution in [3.63, 3.8) is 0 Å². The van der Waals surface area contributed by atoms with E-state index in [1.807, 2.05) is 30.3 Å². The van der Waals surface area contributed by atoms with Crippen molar-refractivity contribution >= 4 is 22.8 Å². The Morgan fingerprint density at radius 1 is 1.36 bits per heavy atom. The SMILES string of the molecule is C=CCCC(=O)NC(CC(=O)O)Cc1cc2ccccc2[nH]1. The highest BCUT2D eigenvalue weighted by atomic mass is 16.4. The van der Waals surface area contributed by atoms with Crippen LogP contribution in [0, 0.1) is 0 Å².